The maximum absolute atomic E-state index is 12.4. The van der Waals surface area contributed by atoms with E-state index in [-0.39, 0.29) is 12.2 Å². The van der Waals surface area contributed by atoms with E-state index < -0.39 is 29.4 Å². The van der Waals surface area contributed by atoms with Crippen LogP contribution in [0.25, 0.3) is 0 Å². The molecule has 0 aromatic carbocycles. The molecule has 3 fully saturated rings. The highest BCUT2D eigenvalue weighted by molar-refractivity contribution is 7.80. The van der Waals surface area contributed by atoms with Gasteiger partial charge in [0.25, 0.3) is 5.56 Å². The highest BCUT2D eigenvalue weighted by Gasteiger charge is 2.59. The van der Waals surface area contributed by atoms with Crippen molar-refractivity contribution >= 4 is 12.6 Å². The van der Waals surface area contributed by atoms with Crippen LogP contribution in [0.4, 0.5) is 0 Å². The quantitative estimate of drug-likeness (QED) is 0.571. The Hall–Kier alpha value is -1.13. The van der Waals surface area contributed by atoms with E-state index in [2.05, 4.69) is 17.6 Å². The number of hydrogen-bond acceptors (Lipinski definition) is 7. The molecule has 27 heavy (non-hydrogen) atoms. The van der Waals surface area contributed by atoms with Gasteiger partial charge in [0.15, 0.2) is 12.0 Å². The predicted octanol–water partition coefficient (Wildman–Crippen LogP) is 1.13. The summed E-state index contributed by atoms with van der Waals surface area (Å²) in [6.07, 6.45) is 4.76. The molecule has 4 rings (SSSR count). The lowest BCUT2D eigenvalue weighted by molar-refractivity contribution is -0.234. The average molecular weight is 398 g/mol. The fourth-order valence-electron chi connectivity index (χ4n) is 4.22. The molecule has 3 aliphatic rings. The van der Waals surface area contributed by atoms with Gasteiger partial charge in [-0.05, 0) is 19.8 Å². The van der Waals surface area contributed by atoms with Gasteiger partial charge < -0.3 is 18.9 Å². The van der Waals surface area contributed by atoms with Crippen LogP contribution in [0.2, 0.25) is 0 Å². The number of nitrogens with one attached hydrogen (secondary N) is 1. The molecular formula is C18H26N2O6S. The van der Waals surface area contributed by atoms with Gasteiger partial charge in [-0.25, -0.2) is 4.79 Å². The van der Waals surface area contributed by atoms with E-state index in [1.165, 1.54) is 17.2 Å². The molecule has 9 heteroatoms. The summed E-state index contributed by atoms with van der Waals surface area (Å²) in [6.45, 7) is 2.51. The number of aromatic amines is 1. The van der Waals surface area contributed by atoms with Crippen molar-refractivity contribution in [2.45, 2.75) is 69.4 Å². The molecule has 2 saturated heterocycles. The van der Waals surface area contributed by atoms with Gasteiger partial charge in [0.05, 0.1) is 13.2 Å². The zero-order valence-corrected chi connectivity index (χ0v) is 16.3. The number of aryl methyl sites for hydroxylation is 1. The van der Waals surface area contributed by atoms with Gasteiger partial charge in [0.2, 0.25) is 0 Å². The molecule has 3 heterocycles. The first-order chi connectivity index (χ1) is 13.0. The molecule has 1 saturated carbocycles. The molecular weight excluding hydrogens is 372 g/mol. The number of nitrogens with zero attached hydrogens (tertiary/aromatic N) is 1. The minimum absolute atomic E-state index is 0.313. The van der Waals surface area contributed by atoms with Gasteiger partial charge in [0.1, 0.15) is 18.3 Å². The Morgan fingerprint density at radius 1 is 1.26 bits per heavy atom. The van der Waals surface area contributed by atoms with Gasteiger partial charge in [-0.2, -0.15) is 12.6 Å². The summed E-state index contributed by atoms with van der Waals surface area (Å²) in [5, 5.41) is 0. The Morgan fingerprint density at radius 3 is 2.74 bits per heavy atom. The van der Waals surface area contributed by atoms with Gasteiger partial charge in [-0.15, -0.1) is 0 Å². The number of hydrogen-bond donors (Lipinski definition) is 2. The molecule has 0 bridgehead atoms. The number of aromatic nitrogens is 2. The van der Waals surface area contributed by atoms with Crippen molar-refractivity contribution in [3.8, 4) is 0 Å². The third-order valence-corrected chi connectivity index (χ3v) is 5.72. The molecule has 1 aliphatic carbocycles. The Kier molecular flexibility index (Phi) is 5.48. The summed E-state index contributed by atoms with van der Waals surface area (Å²) < 4.78 is 25.9. The van der Waals surface area contributed by atoms with Crippen molar-refractivity contribution in [1.29, 1.82) is 0 Å². The van der Waals surface area contributed by atoms with Gasteiger partial charge in [0, 0.05) is 30.4 Å². The summed E-state index contributed by atoms with van der Waals surface area (Å²) in [6, 6.07) is 0. The van der Waals surface area contributed by atoms with Crippen molar-refractivity contribution in [2.24, 2.45) is 0 Å². The van der Waals surface area contributed by atoms with Gasteiger partial charge in [-0.3, -0.25) is 14.3 Å². The standard InChI is InChI=1S/C18H26N2O6S/c1-11-9-20(17(22)19-15(11)21)16-14-13(12(24-16)10-23-7-8-27)25-18(26-14)5-3-2-4-6-18/h9,12-14,16,27H,2-8,10H2,1H3,(H,19,21,22)/t12-,13?,14?,16-/m1/s1. The molecule has 2 unspecified atom stereocenters. The van der Waals surface area contributed by atoms with Crippen LogP contribution in [0.5, 0.6) is 0 Å². The van der Waals surface area contributed by atoms with E-state index >= 15 is 0 Å². The number of rotatable bonds is 5. The van der Waals surface area contributed by atoms with Gasteiger partial charge >= 0.3 is 5.69 Å². The van der Waals surface area contributed by atoms with Crippen LogP contribution in [0.15, 0.2) is 15.8 Å². The maximum Gasteiger partial charge on any atom is 0.330 e. The summed E-state index contributed by atoms with van der Waals surface area (Å²) >= 11 is 4.16. The van der Waals surface area contributed by atoms with E-state index in [0.29, 0.717) is 24.5 Å². The summed E-state index contributed by atoms with van der Waals surface area (Å²) in [5.74, 6) is 0.0162. The summed E-state index contributed by atoms with van der Waals surface area (Å²) in [7, 11) is 0. The third-order valence-electron chi connectivity index (χ3n) is 5.54. The Morgan fingerprint density at radius 2 is 2.00 bits per heavy atom. The van der Waals surface area contributed by atoms with Crippen molar-refractivity contribution < 1.29 is 18.9 Å². The van der Waals surface area contributed by atoms with Crippen LogP contribution in [0, 0.1) is 6.92 Å². The second kappa shape index (κ2) is 7.71. The lowest BCUT2D eigenvalue weighted by atomic mass is 9.94. The van der Waals surface area contributed by atoms with Crippen LogP contribution in [-0.2, 0) is 18.9 Å². The molecule has 4 atom stereocenters. The first-order valence-corrected chi connectivity index (χ1v) is 10.2. The van der Waals surface area contributed by atoms with Crippen LogP contribution in [0.3, 0.4) is 0 Å². The zero-order chi connectivity index (χ0) is 19.0. The van der Waals surface area contributed by atoms with Crippen molar-refractivity contribution in [2.75, 3.05) is 19.0 Å². The van der Waals surface area contributed by atoms with E-state index in [1.54, 1.807) is 6.92 Å². The lowest BCUT2D eigenvalue weighted by Gasteiger charge is -2.34. The Labute approximate surface area is 162 Å². The Balaban J connectivity index is 1.63. The second-order valence-corrected chi connectivity index (χ2v) is 7.93. The van der Waals surface area contributed by atoms with E-state index in [0.717, 1.165) is 25.7 Å². The van der Waals surface area contributed by atoms with Crippen LogP contribution < -0.4 is 11.2 Å². The molecule has 1 aromatic heterocycles. The maximum atomic E-state index is 12.4. The molecule has 1 N–H and O–H groups in total. The van der Waals surface area contributed by atoms with Crippen LogP contribution in [0.1, 0.15) is 43.9 Å². The molecule has 1 spiro atoms. The van der Waals surface area contributed by atoms with E-state index in [4.69, 9.17) is 18.9 Å². The predicted molar refractivity (Wildman–Crippen MR) is 100 cm³/mol. The van der Waals surface area contributed by atoms with Crippen molar-refractivity contribution in [1.82, 2.24) is 9.55 Å². The molecule has 150 valence electrons. The molecule has 1 aromatic rings. The molecule has 8 nitrogen and oxygen atoms in total. The van der Waals surface area contributed by atoms with Crippen LogP contribution in [-0.4, -0.2) is 52.6 Å². The summed E-state index contributed by atoms with van der Waals surface area (Å²) in [5.41, 5.74) is -0.470. The first kappa shape index (κ1) is 19.2. The largest absolute Gasteiger partial charge is 0.378 e. The van der Waals surface area contributed by atoms with E-state index in [9.17, 15) is 9.59 Å². The minimum Gasteiger partial charge on any atom is -0.378 e. The monoisotopic (exact) mass is 398 g/mol. The highest BCUT2D eigenvalue weighted by atomic mass is 32.1. The smallest absolute Gasteiger partial charge is 0.330 e. The topological polar surface area (TPSA) is 91.8 Å². The zero-order valence-electron chi connectivity index (χ0n) is 15.4. The lowest BCUT2D eigenvalue weighted by Crippen LogP contribution is -2.39. The fraction of sp³-hybridized carbons (Fsp3) is 0.778. The third kappa shape index (κ3) is 3.63. The van der Waals surface area contributed by atoms with Crippen molar-refractivity contribution in [3.63, 3.8) is 0 Å². The van der Waals surface area contributed by atoms with Gasteiger partial charge in [-0.1, -0.05) is 6.42 Å². The molecule has 2 aliphatic heterocycles. The SMILES string of the molecule is Cc1cn([C@@H]2O[C@H](COCCS)C3OC4(CCCCC4)OC32)c(=O)[nH]c1=O. The molecule has 0 radical (unpaired) electrons. The fourth-order valence-corrected chi connectivity index (χ4v) is 4.35. The molecule has 0 amide bonds. The number of ether oxygens (including phenoxy) is 4. The van der Waals surface area contributed by atoms with E-state index in [1.807, 2.05) is 0 Å². The van der Waals surface area contributed by atoms with Crippen LogP contribution >= 0.6 is 12.6 Å². The van der Waals surface area contributed by atoms with Crippen molar-refractivity contribution in [3.05, 3.63) is 32.6 Å². The Bertz CT molecular complexity index is 787. The minimum atomic E-state index is -0.663. The summed E-state index contributed by atoms with van der Waals surface area (Å²) in [4.78, 5) is 26.5. The second-order valence-electron chi connectivity index (χ2n) is 7.48. The number of fused-ring (bicyclic) bond motifs is 1. The number of thiol groups is 1. The average Bonchev–Trinajstić information content (AvgIpc) is 3.15. The highest BCUT2D eigenvalue weighted by Crippen LogP contribution is 2.48. The first-order valence-electron chi connectivity index (χ1n) is 9.55. The number of H-pyrrole nitrogens is 1. The normalized spacial score (nSPS) is 32.1.